The summed E-state index contributed by atoms with van der Waals surface area (Å²) >= 11 is 0. The van der Waals surface area contributed by atoms with Crippen molar-refractivity contribution in [3.63, 3.8) is 0 Å². The molecule has 2 saturated heterocycles. The number of para-hydroxylation sites is 1. The fourth-order valence-electron chi connectivity index (χ4n) is 5.23. The Labute approximate surface area is 216 Å². The number of carbonyl (C=O) groups is 1. The van der Waals surface area contributed by atoms with Gasteiger partial charge in [0, 0.05) is 18.7 Å². The average molecular weight is 507 g/mol. The summed E-state index contributed by atoms with van der Waals surface area (Å²) in [6.07, 6.45) is 4.31. The lowest BCUT2D eigenvalue weighted by atomic mass is 10.1. The van der Waals surface area contributed by atoms with E-state index in [0.29, 0.717) is 65.7 Å². The number of primary amides is 1. The largest absolute Gasteiger partial charge is 0.494 e. The number of nitrogens with one attached hydrogen (secondary N) is 2. The molecule has 3 fully saturated rings. The van der Waals surface area contributed by atoms with Crippen LogP contribution in [0.1, 0.15) is 41.7 Å². The second-order valence-electron chi connectivity index (χ2n) is 9.85. The van der Waals surface area contributed by atoms with E-state index in [1.54, 1.807) is 7.11 Å². The van der Waals surface area contributed by atoms with E-state index in [0.717, 1.165) is 37.2 Å². The minimum absolute atomic E-state index is 0.0207. The summed E-state index contributed by atoms with van der Waals surface area (Å²) in [4.78, 5) is 19.7. The Hall–Kier alpha value is -3.93. The zero-order chi connectivity index (χ0) is 26.4. The summed E-state index contributed by atoms with van der Waals surface area (Å²) in [5.74, 6) is 1.82. The first kappa shape index (κ1) is 22.3. The Kier molecular flexibility index (Phi) is 5.53. The van der Waals surface area contributed by atoms with E-state index in [-0.39, 0.29) is 5.69 Å². The zero-order valence-corrected chi connectivity index (χ0v) is 21.1. The molecule has 3 aromatic rings. The van der Waals surface area contributed by atoms with Crippen molar-refractivity contribution in [1.82, 2.24) is 25.0 Å². The Morgan fingerprint density at radius 3 is 2.70 bits per heavy atom. The Bertz CT molecular complexity index is 1360. The molecule has 0 radical (unpaired) electrons. The number of aryl methyl sites for hydroxylation is 1. The maximum atomic E-state index is 12.5. The molecule has 4 N–H and O–H groups in total. The van der Waals surface area contributed by atoms with Gasteiger partial charge in [-0.25, -0.2) is 4.68 Å². The number of hydrogen-bond acceptors (Lipinski definition) is 10. The molecule has 2 bridgehead atoms. The molecule has 2 aromatic heterocycles. The number of nitrogens with two attached hydrogens (primary N) is 1. The van der Waals surface area contributed by atoms with Crippen molar-refractivity contribution in [2.24, 2.45) is 12.8 Å². The monoisotopic (exact) mass is 506 g/mol. The second-order valence-corrected chi connectivity index (χ2v) is 9.85. The van der Waals surface area contributed by atoms with Crippen LogP contribution in [0.2, 0.25) is 1.41 Å². The number of aromatic nitrogens is 5. The lowest BCUT2D eigenvalue weighted by molar-refractivity contribution is 0.0893. The number of nitrogens with zero attached hydrogens (tertiary/aromatic N) is 6. The highest BCUT2D eigenvalue weighted by Crippen LogP contribution is 2.40. The third-order valence-corrected chi connectivity index (χ3v) is 7.28. The van der Waals surface area contributed by atoms with Gasteiger partial charge in [-0.05, 0) is 44.7 Å². The molecule has 2 atom stereocenters. The zero-order valence-electron chi connectivity index (χ0n) is 22.1. The van der Waals surface area contributed by atoms with Crippen molar-refractivity contribution in [3.05, 3.63) is 29.5 Å². The molecule has 4 heterocycles. The Morgan fingerprint density at radius 1 is 1.22 bits per heavy atom. The van der Waals surface area contributed by atoms with E-state index >= 15 is 0 Å². The van der Waals surface area contributed by atoms with E-state index in [9.17, 15) is 4.79 Å². The second kappa shape index (κ2) is 9.18. The Balaban J connectivity index is 1.37. The summed E-state index contributed by atoms with van der Waals surface area (Å²) in [6.45, 7) is 3.26. The molecular formula is C25H31N9O3. The predicted molar refractivity (Wildman–Crippen MR) is 138 cm³/mol. The van der Waals surface area contributed by atoms with Crippen LogP contribution in [0.3, 0.4) is 0 Å². The number of methoxy groups -OCH3 is 1. The molecule has 1 amide bonds. The van der Waals surface area contributed by atoms with E-state index in [4.69, 9.17) is 21.0 Å². The van der Waals surface area contributed by atoms with Crippen molar-refractivity contribution in [3.8, 4) is 17.1 Å². The first-order valence-electron chi connectivity index (χ1n) is 13.1. The van der Waals surface area contributed by atoms with Gasteiger partial charge in [0.05, 0.1) is 49.3 Å². The van der Waals surface area contributed by atoms with Gasteiger partial charge in [0.25, 0.3) is 5.91 Å². The molecule has 3 aliphatic rings. The number of amides is 1. The molecule has 1 saturated carbocycles. The lowest BCUT2D eigenvalue weighted by Crippen LogP contribution is -2.47. The molecule has 6 rings (SSSR count). The van der Waals surface area contributed by atoms with Gasteiger partial charge in [0.1, 0.15) is 0 Å². The molecule has 0 spiro atoms. The molecule has 12 nitrogen and oxygen atoms in total. The van der Waals surface area contributed by atoms with Crippen molar-refractivity contribution >= 4 is 29.0 Å². The number of anilines is 4. The maximum Gasteiger partial charge on any atom is 0.271 e. The van der Waals surface area contributed by atoms with E-state index < -0.39 is 5.91 Å². The summed E-state index contributed by atoms with van der Waals surface area (Å²) in [6, 6.07) is 6.61. The molecule has 2 unspecified atom stereocenters. The fourth-order valence-corrected chi connectivity index (χ4v) is 5.23. The van der Waals surface area contributed by atoms with E-state index in [1.165, 1.54) is 0 Å². The molecule has 12 heteroatoms. The van der Waals surface area contributed by atoms with E-state index in [1.807, 2.05) is 42.6 Å². The van der Waals surface area contributed by atoms with Crippen molar-refractivity contribution in [1.29, 1.82) is 0 Å². The molecule has 2 aliphatic heterocycles. The van der Waals surface area contributed by atoms with Crippen molar-refractivity contribution < 1.29 is 15.7 Å². The van der Waals surface area contributed by atoms with Gasteiger partial charge in [0.2, 0.25) is 5.95 Å². The smallest absolute Gasteiger partial charge is 0.271 e. The van der Waals surface area contributed by atoms with Gasteiger partial charge < -0.3 is 30.7 Å². The summed E-state index contributed by atoms with van der Waals surface area (Å²) in [7, 11) is 3.49. The number of ether oxygens (including phenoxy) is 2. The molecule has 37 heavy (non-hydrogen) atoms. The van der Waals surface area contributed by atoms with Crippen LogP contribution in [0.4, 0.5) is 23.1 Å². The number of morpholine rings is 1. The van der Waals surface area contributed by atoms with Crippen LogP contribution in [-0.2, 0) is 11.8 Å². The highest BCUT2D eigenvalue weighted by atomic mass is 16.5. The quantitative estimate of drug-likeness (QED) is 0.416. The van der Waals surface area contributed by atoms with Gasteiger partial charge in [-0.2, -0.15) is 4.98 Å². The Morgan fingerprint density at radius 2 is 2.00 bits per heavy atom. The number of fused-ring (bicyclic) bond motifs is 2. The van der Waals surface area contributed by atoms with Gasteiger partial charge in [-0.15, -0.1) is 15.3 Å². The highest BCUT2D eigenvalue weighted by molar-refractivity contribution is 5.99. The topological polar surface area (TPSA) is 145 Å². The summed E-state index contributed by atoms with van der Waals surface area (Å²) < 4.78 is 20.8. The maximum absolute atomic E-state index is 12.5. The fraction of sp³-hybridized carbons (Fsp3) is 0.480. The van der Waals surface area contributed by atoms with Crippen molar-refractivity contribution in [2.45, 2.75) is 50.7 Å². The van der Waals surface area contributed by atoms with Crippen LogP contribution in [0.15, 0.2) is 18.2 Å². The first-order valence-corrected chi connectivity index (χ1v) is 12.6. The molecule has 1 aromatic carbocycles. The minimum Gasteiger partial charge on any atom is -0.494 e. The minimum atomic E-state index is -0.660. The third kappa shape index (κ3) is 4.20. The number of carbonyl (C=O) groups excluding carboxylic acids is 1. The third-order valence-electron chi connectivity index (χ3n) is 7.28. The number of rotatable bonds is 8. The van der Waals surface area contributed by atoms with Crippen LogP contribution in [0.25, 0.3) is 11.4 Å². The predicted octanol–water partition coefficient (Wildman–Crippen LogP) is 2.37. The standard InChI is InChI=1S/C25H31N9O3/c1-13-19(20(22(26)35)30-31-23(13)27-14-7-8-14)28-18-6-4-5-17(21(18)36-3)24-29-25(33(2)32-24)34-15-9-10-16(34)12-37-11-15/h4-6,14-16H,7-12H2,1-3H3,(H2,26,35)(H2,27,28,31)/i/hD. The first-order chi connectivity index (χ1) is 18.5. The van der Waals surface area contributed by atoms with Gasteiger partial charge in [-0.1, -0.05) is 6.07 Å². The van der Waals surface area contributed by atoms with Crippen LogP contribution >= 0.6 is 0 Å². The van der Waals surface area contributed by atoms with Crippen LogP contribution in [-0.4, -0.2) is 69.3 Å². The van der Waals surface area contributed by atoms with Crippen molar-refractivity contribution in [2.75, 3.05) is 35.9 Å². The molecular weight excluding hydrogens is 474 g/mol. The average Bonchev–Trinajstić information content (AvgIpc) is 3.62. The SMILES string of the molecule is [2H]NC(=O)c1nnc(NC2CC2)c(C)c1Nc1cccc(-c2nc(N3C4CCC3COC4)n(C)n2)c1OC. The van der Waals surface area contributed by atoms with Crippen LogP contribution < -0.4 is 26.0 Å². The van der Waals surface area contributed by atoms with Crippen LogP contribution in [0.5, 0.6) is 5.75 Å². The van der Waals surface area contributed by atoms with Gasteiger partial charge in [0.15, 0.2) is 24.5 Å². The summed E-state index contributed by atoms with van der Waals surface area (Å²) in [5.41, 5.74) is 4.41. The number of benzene rings is 1. The molecule has 1 aliphatic carbocycles. The summed E-state index contributed by atoms with van der Waals surface area (Å²) in [5, 5.41) is 19.7. The lowest BCUT2D eigenvalue weighted by Gasteiger charge is -2.34. The van der Waals surface area contributed by atoms with Gasteiger partial charge >= 0.3 is 0 Å². The highest BCUT2D eigenvalue weighted by Gasteiger charge is 2.40. The van der Waals surface area contributed by atoms with Crippen LogP contribution in [0, 0.1) is 6.92 Å². The van der Waals surface area contributed by atoms with Gasteiger partial charge in [-0.3, -0.25) is 4.79 Å². The normalized spacial score (nSPS) is 20.9. The van der Waals surface area contributed by atoms with E-state index in [2.05, 4.69) is 25.7 Å². The number of hydrogen-bond donors (Lipinski definition) is 3. The molecule has 194 valence electrons.